The molecule has 426 valence electrons. The van der Waals surface area contributed by atoms with Crippen LogP contribution in [-0.4, -0.2) is 29.7 Å². The van der Waals surface area contributed by atoms with E-state index >= 15 is 0 Å². The van der Waals surface area contributed by atoms with E-state index in [2.05, 4.69) is 107 Å². The summed E-state index contributed by atoms with van der Waals surface area (Å²) in [5, 5.41) is 24.7. The molecule has 0 bridgehead atoms. The van der Waals surface area contributed by atoms with Crippen molar-refractivity contribution in [3.8, 4) is 56.5 Å². The van der Waals surface area contributed by atoms with E-state index in [4.69, 9.17) is 57.2 Å². The van der Waals surface area contributed by atoms with Crippen molar-refractivity contribution in [1.82, 2.24) is 29.7 Å². The molecule has 4 aromatic heterocycles. The molecule has 0 aliphatic heterocycles. The van der Waals surface area contributed by atoms with Gasteiger partial charge in [-0.25, -0.2) is 37.3 Å². The van der Waals surface area contributed by atoms with Crippen molar-refractivity contribution in [3.63, 3.8) is 0 Å². The average molecular weight is 1240 g/mol. The summed E-state index contributed by atoms with van der Waals surface area (Å²) in [4.78, 5) is 24.2. The summed E-state index contributed by atoms with van der Waals surface area (Å²) in [6, 6.07) is 79.6. The second-order valence-electron chi connectivity index (χ2n) is 17.8. The van der Waals surface area contributed by atoms with Crippen molar-refractivity contribution in [2.24, 2.45) is 0 Å². The van der Waals surface area contributed by atoms with E-state index < -0.39 is 20.5 Å². The second-order valence-corrected chi connectivity index (χ2v) is 19.3. The van der Waals surface area contributed by atoms with Gasteiger partial charge < -0.3 is 10.2 Å². The SMILES string of the molecule is [Cu+2].[Cu+2].[O-][Cl+3]([O-])([O-])[O-].[O-][Cl+3]([O-])([O-])[O-].[O-]c1ccccc1-c1cccc(CN(Cc2ccccc2)Cc2cccc(-c3ccccc3)n2)n1.[O-]c1ccccc1-c1cccc(CN(Cc2ccccc2)Cc2cccc(-c3ccccc3)n2)n1. The standard InChI is InChI=1S/2C31H27N3O.2ClHO4.2Cu/c2*35-31-20-8-7-17-28(31)30-19-10-16-27(33-30)23-34(21-24-11-3-1-4-12-24)22-26-15-9-18-29(32-26)25-13-5-2-6-14-25;2*2-1(3,4)5;;/h2*1-20,35H,21-23H2;2*(H,2,3,4,5);;/q;;;;2*+2/p-4. The van der Waals surface area contributed by atoms with Crippen molar-refractivity contribution in [2.75, 3.05) is 0 Å². The first-order valence-corrected chi connectivity index (χ1v) is 27.2. The van der Waals surface area contributed by atoms with Crippen LogP contribution < -0.4 is 47.5 Å². The van der Waals surface area contributed by atoms with E-state index in [0.717, 1.165) is 58.4 Å². The molecular formula is C62H52Cl2Cu2N6O10. The van der Waals surface area contributed by atoms with Crippen LogP contribution in [-0.2, 0) is 73.4 Å². The van der Waals surface area contributed by atoms with Gasteiger partial charge in [0.25, 0.3) is 0 Å². The van der Waals surface area contributed by atoms with Crippen molar-refractivity contribution >= 4 is 0 Å². The van der Waals surface area contributed by atoms with E-state index in [9.17, 15) is 10.2 Å². The molecule has 0 amide bonds. The first-order chi connectivity index (χ1) is 38.5. The fraction of sp³-hybridized carbons (Fsp3) is 0.0968. The molecule has 4 heterocycles. The van der Waals surface area contributed by atoms with Crippen LogP contribution in [0.25, 0.3) is 45.0 Å². The zero-order chi connectivity index (χ0) is 56.7. The summed E-state index contributed by atoms with van der Waals surface area (Å²) >= 11 is 0. The number of benzene rings is 6. The zero-order valence-electron chi connectivity index (χ0n) is 43.5. The van der Waals surface area contributed by atoms with E-state index in [1.807, 2.05) is 121 Å². The van der Waals surface area contributed by atoms with Crippen LogP contribution in [0.5, 0.6) is 11.5 Å². The summed E-state index contributed by atoms with van der Waals surface area (Å²) in [6.45, 7) is 4.17. The fourth-order valence-electron chi connectivity index (χ4n) is 8.40. The van der Waals surface area contributed by atoms with E-state index in [1.54, 1.807) is 24.3 Å². The van der Waals surface area contributed by atoms with E-state index in [-0.39, 0.29) is 45.6 Å². The number of aromatic nitrogens is 4. The maximum absolute atomic E-state index is 12.3. The van der Waals surface area contributed by atoms with Gasteiger partial charge in [-0.2, -0.15) is 0 Å². The Morgan fingerprint density at radius 3 is 0.805 bits per heavy atom. The molecule has 0 saturated heterocycles. The maximum Gasteiger partial charge on any atom is 2.00 e. The molecule has 0 N–H and O–H groups in total. The van der Waals surface area contributed by atoms with Gasteiger partial charge in [0.2, 0.25) is 0 Å². The molecule has 20 heteroatoms. The number of pyridine rings is 4. The molecule has 0 saturated carbocycles. The fourth-order valence-corrected chi connectivity index (χ4v) is 8.40. The quantitative estimate of drug-likeness (QED) is 0.126. The molecular weight excluding hydrogens is 1190 g/mol. The summed E-state index contributed by atoms with van der Waals surface area (Å²) in [7, 11) is -9.89. The summed E-state index contributed by atoms with van der Waals surface area (Å²) in [5.74, 6) is -0.0274. The molecule has 10 rings (SSSR count). The van der Waals surface area contributed by atoms with Crippen LogP contribution in [0.15, 0.2) is 243 Å². The molecule has 0 aliphatic rings. The molecule has 6 aromatic carbocycles. The van der Waals surface area contributed by atoms with Gasteiger partial charge in [0.15, 0.2) is 0 Å². The van der Waals surface area contributed by atoms with Gasteiger partial charge in [-0.3, -0.25) is 29.7 Å². The minimum atomic E-state index is -4.94. The van der Waals surface area contributed by atoms with Gasteiger partial charge >= 0.3 is 34.1 Å². The van der Waals surface area contributed by atoms with Gasteiger partial charge in [0.05, 0.1) is 45.6 Å². The maximum atomic E-state index is 12.3. The van der Waals surface area contributed by atoms with Crippen molar-refractivity contribution < 1.29 is 102 Å². The first kappa shape index (κ1) is 65.5. The number of hydrogen-bond donors (Lipinski definition) is 0. The molecule has 16 nitrogen and oxygen atoms in total. The predicted molar refractivity (Wildman–Crippen MR) is 276 cm³/mol. The third kappa shape index (κ3) is 23.3. The van der Waals surface area contributed by atoms with Crippen LogP contribution in [0.4, 0.5) is 0 Å². The van der Waals surface area contributed by atoms with Gasteiger partial charge in [-0.1, -0.05) is 206 Å². The molecule has 82 heavy (non-hydrogen) atoms. The van der Waals surface area contributed by atoms with Gasteiger partial charge in [-0.05, 0) is 70.8 Å². The van der Waals surface area contributed by atoms with E-state index in [1.165, 1.54) is 11.1 Å². The number of hydrogen-bond acceptors (Lipinski definition) is 16. The van der Waals surface area contributed by atoms with E-state index in [0.29, 0.717) is 48.7 Å². The minimum Gasteiger partial charge on any atom is -0.872 e. The molecule has 0 aliphatic carbocycles. The third-order valence-corrected chi connectivity index (χ3v) is 11.7. The van der Waals surface area contributed by atoms with Crippen molar-refractivity contribution in [2.45, 2.75) is 39.3 Å². The largest absolute Gasteiger partial charge is 2.00 e. The molecule has 2 radical (unpaired) electrons. The zero-order valence-corrected chi connectivity index (χ0v) is 46.9. The minimum absolute atomic E-state index is 0. The molecule has 0 unspecified atom stereocenters. The van der Waals surface area contributed by atoms with Crippen molar-refractivity contribution in [3.05, 3.63) is 277 Å². The van der Waals surface area contributed by atoms with Crippen LogP contribution in [0.1, 0.15) is 33.9 Å². The summed E-state index contributed by atoms with van der Waals surface area (Å²) < 4.78 is 67.9. The van der Waals surface area contributed by atoms with Gasteiger partial charge in [-0.15, -0.1) is 20.5 Å². The number of para-hydroxylation sites is 2. The summed E-state index contributed by atoms with van der Waals surface area (Å²) in [5.41, 5.74) is 13.1. The molecule has 0 atom stereocenters. The Balaban J connectivity index is 0.000000253. The Kier molecular flexibility index (Phi) is 26.4. The molecule has 0 fully saturated rings. The molecule has 0 spiro atoms. The van der Waals surface area contributed by atoms with Crippen LogP contribution in [0.3, 0.4) is 0 Å². The van der Waals surface area contributed by atoms with Crippen LogP contribution in [0.2, 0.25) is 0 Å². The Hall–Kier alpha value is -7.26. The van der Waals surface area contributed by atoms with Gasteiger partial charge in [0.1, 0.15) is 0 Å². The Bertz CT molecular complexity index is 3230. The topological polar surface area (TPSA) is 289 Å². The van der Waals surface area contributed by atoms with Gasteiger partial charge in [0, 0.05) is 50.4 Å². The Morgan fingerprint density at radius 2 is 0.512 bits per heavy atom. The normalized spacial score (nSPS) is 10.9. The monoisotopic (exact) mass is 1240 g/mol. The predicted octanol–water partition coefficient (Wildman–Crippen LogP) is 2.66. The molecule has 10 aromatic rings. The number of nitrogens with zero attached hydrogens (tertiary/aromatic N) is 6. The number of rotatable bonds is 16. The van der Waals surface area contributed by atoms with Crippen molar-refractivity contribution in [1.29, 1.82) is 0 Å². The third-order valence-electron chi connectivity index (χ3n) is 11.7. The first-order valence-electron chi connectivity index (χ1n) is 24.7. The second kappa shape index (κ2) is 33.0. The summed E-state index contributed by atoms with van der Waals surface area (Å²) in [6.07, 6.45) is 0. The van der Waals surface area contributed by atoms with Crippen LogP contribution >= 0.6 is 0 Å². The smallest absolute Gasteiger partial charge is 0.872 e. The Morgan fingerprint density at radius 1 is 0.268 bits per heavy atom. The Labute approximate surface area is 501 Å². The number of halogens is 2. The average Bonchev–Trinajstić information content (AvgIpc) is 3.44. The van der Waals surface area contributed by atoms with Crippen LogP contribution in [0, 0.1) is 20.5 Å².